The molecule has 1 aromatic rings. The maximum Gasteiger partial charge on any atom is 0.230 e. The number of carbonyl (C=O) groups is 1. The number of nitrogens with zero attached hydrogens (tertiary/aromatic N) is 1. The van der Waals surface area contributed by atoms with E-state index in [9.17, 15) is 4.79 Å². The van der Waals surface area contributed by atoms with Crippen LogP contribution in [-0.4, -0.2) is 24.4 Å². The van der Waals surface area contributed by atoms with Crippen molar-refractivity contribution in [2.45, 2.75) is 39.2 Å². The van der Waals surface area contributed by atoms with Gasteiger partial charge in [0.25, 0.3) is 0 Å². The van der Waals surface area contributed by atoms with Gasteiger partial charge in [-0.3, -0.25) is 4.79 Å². The van der Waals surface area contributed by atoms with Crippen LogP contribution in [0.3, 0.4) is 0 Å². The molecule has 2 rings (SSSR count). The standard InChI is InChI=1S/C16H24N2O/c1-12-5-7-14(8-6-12)13(2)18(3)15(19)16(11-17)9-4-10-16/h5-8,13H,4,9-11,17H2,1-3H3. The van der Waals surface area contributed by atoms with Crippen molar-refractivity contribution in [3.63, 3.8) is 0 Å². The van der Waals surface area contributed by atoms with Gasteiger partial charge in [-0.05, 0) is 32.3 Å². The van der Waals surface area contributed by atoms with Gasteiger partial charge < -0.3 is 10.6 Å². The average Bonchev–Trinajstić information content (AvgIpc) is 2.37. The van der Waals surface area contributed by atoms with E-state index in [1.807, 2.05) is 11.9 Å². The molecule has 1 aliphatic rings. The van der Waals surface area contributed by atoms with Gasteiger partial charge in [0.15, 0.2) is 0 Å². The molecule has 0 aromatic heterocycles. The summed E-state index contributed by atoms with van der Waals surface area (Å²) in [6, 6.07) is 8.47. The molecule has 104 valence electrons. The van der Waals surface area contributed by atoms with E-state index >= 15 is 0 Å². The molecule has 1 atom stereocenters. The molecule has 0 aliphatic heterocycles. The Labute approximate surface area is 115 Å². The first kappa shape index (κ1) is 14.1. The number of rotatable bonds is 4. The SMILES string of the molecule is Cc1ccc(C(C)N(C)C(=O)C2(CN)CCC2)cc1. The highest BCUT2D eigenvalue weighted by Gasteiger charge is 2.45. The third-order valence-electron chi connectivity index (χ3n) is 4.62. The zero-order valence-corrected chi connectivity index (χ0v) is 12.1. The molecular formula is C16H24N2O. The van der Waals surface area contributed by atoms with Crippen LogP contribution < -0.4 is 5.73 Å². The number of nitrogens with two attached hydrogens (primary N) is 1. The molecule has 1 unspecified atom stereocenters. The van der Waals surface area contributed by atoms with Crippen LogP contribution in [0.5, 0.6) is 0 Å². The minimum absolute atomic E-state index is 0.0946. The molecule has 1 saturated carbocycles. The molecule has 1 aliphatic carbocycles. The Morgan fingerprint density at radius 2 is 1.95 bits per heavy atom. The van der Waals surface area contributed by atoms with Crippen molar-refractivity contribution >= 4 is 5.91 Å². The van der Waals surface area contributed by atoms with Crippen molar-refractivity contribution in [2.75, 3.05) is 13.6 Å². The summed E-state index contributed by atoms with van der Waals surface area (Å²) in [6.45, 7) is 4.61. The quantitative estimate of drug-likeness (QED) is 0.904. The van der Waals surface area contributed by atoms with Gasteiger partial charge in [0, 0.05) is 13.6 Å². The van der Waals surface area contributed by atoms with E-state index in [2.05, 4.69) is 38.1 Å². The van der Waals surface area contributed by atoms with Crippen LogP contribution in [0.2, 0.25) is 0 Å². The Kier molecular flexibility index (Phi) is 3.95. The fourth-order valence-corrected chi connectivity index (χ4v) is 2.73. The smallest absolute Gasteiger partial charge is 0.230 e. The van der Waals surface area contributed by atoms with Crippen molar-refractivity contribution in [1.82, 2.24) is 4.90 Å². The summed E-state index contributed by atoms with van der Waals surface area (Å²) in [5.74, 6) is 0.203. The average molecular weight is 260 g/mol. The second kappa shape index (κ2) is 5.33. The first-order valence-corrected chi connectivity index (χ1v) is 7.04. The molecule has 0 radical (unpaired) electrons. The fourth-order valence-electron chi connectivity index (χ4n) is 2.73. The molecule has 1 aromatic carbocycles. The van der Waals surface area contributed by atoms with Crippen LogP contribution in [0.1, 0.15) is 43.4 Å². The van der Waals surface area contributed by atoms with Crippen LogP contribution in [0, 0.1) is 12.3 Å². The van der Waals surface area contributed by atoms with Gasteiger partial charge in [-0.2, -0.15) is 0 Å². The van der Waals surface area contributed by atoms with Crippen molar-refractivity contribution in [2.24, 2.45) is 11.1 Å². The van der Waals surface area contributed by atoms with Gasteiger partial charge in [0.05, 0.1) is 11.5 Å². The number of aryl methyl sites for hydroxylation is 1. The number of carbonyl (C=O) groups excluding carboxylic acids is 1. The van der Waals surface area contributed by atoms with Gasteiger partial charge in [0.1, 0.15) is 0 Å². The molecule has 0 heterocycles. The molecule has 0 bridgehead atoms. The van der Waals surface area contributed by atoms with Gasteiger partial charge >= 0.3 is 0 Å². The van der Waals surface area contributed by atoms with Gasteiger partial charge in [-0.1, -0.05) is 36.2 Å². The van der Waals surface area contributed by atoms with Crippen molar-refractivity contribution in [1.29, 1.82) is 0 Å². The first-order chi connectivity index (χ1) is 9.00. The summed E-state index contributed by atoms with van der Waals surface area (Å²) < 4.78 is 0. The van der Waals surface area contributed by atoms with E-state index < -0.39 is 0 Å². The van der Waals surface area contributed by atoms with Crippen LogP contribution in [0.15, 0.2) is 24.3 Å². The van der Waals surface area contributed by atoms with Gasteiger partial charge in [-0.15, -0.1) is 0 Å². The van der Waals surface area contributed by atoms with Crippen molar-refractivity contribution in [3.05, 3.63) is 35.4 Å². The van der Waals surface area contributed by atoms with Crippen molar-refractivity contribution < 1.29 is 4.79 Å². The molecule has 1 amide bonds. The Hall–Kier alpha value is -1.35. The Balaban J connectivity index is 2.12. The largest absolute Gasteiger partial charge is 0.338 e. The van der Waals surface area contributed by atoms with E-state index in [0.717, 1.165) is 19.3 Å². The third kappa shape index (κ3) is 2.52. The van der Waals surface area contributed by atoms with E-state index in [1.165, 1.54) is 11.1 Å². The summed E-state index contributed by atoms with van der Waals surface area (Å²) in [4.78, 5) is 14.5. The molecule has 3 nitrogen and oxygen atoms in total. The summed E-state index contributed by atoms with van der Waals surface area (Å²) in [6.07, 6.45) is 3.00. The highest BCUT2D eigenvalue weighted by atomic mass is 16.2. The van der Waals surface area contributed by atoms with E-state index in [-0.39, 0.29) is 17.4 Å². The molecule has 19 heavy (non-hydrogen) atoms. The van der Waals surface area contributed by atoms with Crippen LogP contribution in [0.4, 0.5) is 0 Å². The maximum atomic E-state index is 12.6. The Bertz CT molecular complexity index is 443. The minimum atomic E-state index is -0.284. The summed E-state index contributed by atoms with van der Waals surface area (Å²) in [5, 5.41) is 0. The molecule has 2 N–H and O–H groups in total. The first-order valence-electron chi connectivity index (χ1n) is 7.04. The third-order valence-corrected chi connectivity index (χ3v) is 4.62. The summed E-state index contributed by atoms with van der Waals surface area (Å²) in [7, 11) is 1.89. The fraction of sp³-hybridized carbons (Fsp3) is 0.562. The number of hydrogen-bond acceptors (Lipinski definition) is 2. The molecule has 1 fully saturated rings. The van der Waals surface area contributed by atoms with E-state index in [1.54, 1.807) is 0 Å². The Morgan fingerprint density at radius 1 is 1.37 bits per heavy atom. The Morgan fingerprint density at radius 3 is 2.37 bits per heavy atom. The lowest BCUT2D eigenvalue weighted by Gasteiger charge is -2.43. The highest BCUT2D eigenvalue weighted by Crippen LogP contribution is 2.42. The lowest BCUT2D eigenvalue weighted by molar-refractivity contribution is -0.147. The lowest BCUT2D eigenvalue weighted by Crippen LogP contribution is -2.51. The summed E-state index contributed by atoms with van der Waals surface area (Å²) in [5.41, 5.74) is 7.95. The van der Waals surface area contributed by atoms with Crippen molar-refractivity contribution in [3.8, 4) is 0 Å². The van der Waals surface area contributed by atoms with E-state index in [0.29, 0.717) is 6.54 Å². The molecular weight excluding hydrogens is 236 g/mol. The second-order valence-corrected chi connectivity index (χ2v) is 5.84. The number of amides is 1. The monoisotopic (exact) mass is 260 g/mol. The molecule has 0 saturated heterocycles. The zero-order chi connectivity index (χ0) is 14.0. The maximum absolute atomic E-state index is 12.6. The van der Waals surface area contributed by atoms with Gasteiger partial charge in [0.2, 0.25) is 5.91 Å². The summed E-state index contributed by atoms with van der Waals surface area (Å²) >= 11 is 0. The van der Waals surface area contributed by atoms with Crippen LogP contribution >= 0.6 is 0 Å². The number of hydrogen-bond donors (Lipinski definition) is 1. The predicted octanol–water partition coefficient (Wildman–Crippen LogP) is 2.64. The lowest BCUT2D eigenvalue weighted by atomic mass is 9.67. The topological polar surface area (TPSA) is 46.3 Å². The van der Waals surface area contributed by atoms with Crippen LogP contribution in [-0.2, 0) is 4.79 Å². The van der Waals surface area contributed by atoms with Crippen LogP contribution in [0.25, 0.3) is 0 Å². The zero-order valence-electron chi connectivity index (χ0n) is 12.1. The highest BCUT2D eigenvalue weighted by molar-refractivity contribution is 5.84. The molecule has 0 spiro atoms. The molecule has 3 heteroatoms. The predicted molar refractivity (Wildman–Crippen MR) is 77.7 cm³/mol. The number of benzene rings is 1. The van der Waals surface area contributed by atoms with Gasteiger partial charge in [-0.25, -0.2) is 0 Å². The minimum Gasteiger partial charge on any atom is -0.338 e. The normalized spacial score (nSPS) is 18.5. The van der Waals surface area contributed by atoms with E-state index in [4.69, 9.17) is 5.73 Å². The second-order valence-electron chi connectivity index (χ2n) is 5.84.